The SMILES string of the molecule is CCCC[O][W]. The molecule has 0 heterocycles. The molecule has 0 aliphatic carbocycles. The summed E-state index contributed by atoms with van der Waals surface area (Å²) in [6.45, 7) is 3.11. The second kappa shape index (κ2) is 5.65. The molecule has 0 radical (unpaired) electrons. The van der Waals surface area contributed by atoms with Gasteiger partial charge in [0.1, 0.15) is 0 Å². The topological polar surface area (TPSA) is 9.23 Å². The van der Waals surface area contributed by atoms with E-state index in [1.807, 2.05) is 0 Å². The van der Waals surface area contributed by atoms with Gasteiger partial charge in [-0.05, 0) is 0 Å². The van der Waals surface area contributed by atoms with Crippen LogP contribution in [0.5, 0.6) is 0 Å². The Morgan fingerprint density at radius 2 is 2.33 bits per heavy atom. The van der Waals surface area contributed by atoms with Crippen LogP contribution in [0.3, 0.4) is 0 Å². The van der Waals surface area contributed by atoms with Crippen LogP contribution in [0, 0.1) is 0 Å². The Balaban J connectivity index is 2.34. The van der Waals surface area contributed by atoms with Crippen molar-refractivity contribution in [1.82, 2.24) is 0 Å². The predicted octanol–water partition coefficient (Wildman–Crippen LogP) is 1.26. The van der Waals surface area contributed by atoms with Crippen LogP contribution in [-0.2, 0) is 23.6 Å². The third-order valence-corrected chi connectivity index (χ3v) is 1.18. The molecule has 0 saturated heterocycles. The molecule has 1 nitrogen and oxygen atoms in total. The van der Waals surface area contributed by atoms with Crippen LogP contribution in [0.4, 0.5) is 0 Å². The van der Waals surface area contributed by atoms with Gasteiger partial charge in [0.25, 0.3) is 0 Å². The molecule has 2 heteroatoms. The summed E-state index contributed by atoms with van der Waals surface area (Å²) < 4.78 is 4.87. The van der Waals surface area contributed by atoms with Crippen LogP contribution in [0.25, 0.3) is 0 Å². The molecule has 0 atom stereocenters. The zero-order valence-corrected chi connectivity index (χ0v) is 6.87. The van der Waals surface area contributed by atoms with E-state index < -0.39 is 0 Å². The summed E-state index contributed by atoms with van der Waals surface area (Å²) in [7, 11) is 0. The maximum absolute atomic E-state index is 4.87. The number of hydrogen-bond acceptors (Lipinski definition) is 1. The van der Waals surface area contributed by atoms with Gasteiger partial charge in [-0.3, -0.25) is 0 Å². The molecule has 0 aliphatic heterocycles. The first-order chi connectivity index (χ1) is 2.91. The molecule has 0 aromatic rings. The molecule has 0 saturated carbocycles. The fraction of sp³-hybridized carbons (Fsp3) is 1.00. The molecule has 0 unspecified atom stereocenters. The summed E-state index contributed by atoms with van der Waals surface area (Å²) in [5.74, 6) is 0. The van der Waals surface area contributed by atoms with E-state index in [9.17, 15) is 0 Å². The Kier molecular flexibility index (Phi) is 6.26. The first kappa shape index (κ1) is 6.65. The Morgan fingerprint density at radius 1 is 1.67 bits per heavy atom. The van der Waals surface area contributed by atoms with Crippen molar-refractivity contribution in [3.63, 3.8) is 0 Å². The van der Waals surface area contributed by atoms with Crippen LogP contribution in [-0.4, -0.2) is 6.61 Å². The van der Waals surface area contributed by atoms with Gasteiger partial charge in [0, 0.05) is 0 Å². The van der Waals surface area contributed by atoms with Crippen LogP contribution in [0.2, 0.25) is 0 Å². The zero-order chi connectivity index (χ0) is 4.83. The van der Waals surface area contributed by atoms with Gasteiger partial charge >= 0.3 is 50.0 Å². The van der Waals surface area contributed by atoms with Crippen molar-refractivity contribution in [3.05, 3.63) is 0 Å². The first-order valence-corrected chi connectivity index (χ1v) is 3.36. The van der Waals surface area contributed by atoms with Crippen molar-refractivity contribution in [2.24, 2.45) is 0 Å². The average molecular weight is 257 g/mol. The quantitative estimate of drug-likeness (QED) is 0.691. The molecule has 0 amide bonds. The summed E-state index contributed by atoms with van der Waals surface area (Å²) in [6, 6.07) is 0. The van der Waals surface area contributed by atoms with Crippen molar-refractivity contribution < 1.29 is 23.6 Å². The number of rotatable bonds is 3. The summed E-state index contributed by atoms with van der Waals surface area (Å²) in [5.41, 5.74) is 0. The molecule has 0 fully saturated rings. The molecular formula is C4H9OW. The third-order valence-electron chi connectivity index (χ3n) is 0.581. The molecule has 0 N–H and O–H groups in total. The minimum absolute atomic E-state index is 0.950. The zero-order valence-electron chi connectivity index (χ0n) is 3.94. The van der Waals surface area contributed by atoms with Crippen LogP contribution >= 0.6 is 0 Å². The first-order valence-electron chi connectivity index (χ1n) is 2.16. The third kappa shape index (κ3) is 4.65. The van der Waals surface area contributed by atoms with Gasteiger partial charge in [-0.1, -0.05) is 0 Å². The normalized spacial score (nSPS) is 8.83. The molecule has 37 valence electrons. The maximum atomic E-state index is 4.87. The van der Waals surface area contributed by atoms with E-state index in [-0.39, 0.29) is 0 Å². The van der Waals surface area contributed by atoms with Crippen LogP contribution in [0.1, 0.15) is 19.8 Å². The fourth-order valence-corrected chi connectivity index (χ4v) is 0.627. The number of unbranched alkanes of at least 4 members (excludes halogenated alkanes) is 1. The van der Waals surface area contributed by atoms with E-state index in [0.717, 1.165) is 6.61 Å². The molecule has 6 heavy (non-hydrogen) atoms. The monoisotopic (exact) mass is 257 g/mol. The summed E-state index contributed by atoms with van der Waals surface area (Å²) in [5, 5.41) is 0. The van der Waals surface area contributed by atoms with E-state index in [0.29, 0.717) is 0 Å². The van der Waals surface area contributed by atoms with E-state index in [4.69, 9.17) is 3.39 Å². The minimum atomic E-state index is 0.950. The second-order valence-electron chi connectivity index (χ2n) is 1.18. The fourth-order valence-electron chi connectivity index (χ4n) is 0.203. The van der Waals surface area contributed by atoms with Gasteiger partial charge in [0.05, 0.1) is 0 Å². The van der Waals surface area contributed by atoms with Gasteiger partial charge in [-0.15, -0.1) is 0 Å². The Hall–Kier alpha value is 0.648. The average Bonchev–Trinajstić information content (AvgIpc) is 1.61. The molecule has 0 spiro atoms. The Bertz CT molecular complexity index is 19.5. The molecule has 0 aliphatic rings. The van der Waals surface area contributed by atoms with Crippen molar-refractivity contribution >= 4 is 0 Å². The summed E-state index contributed by atoms with van der Waals surface area (Å²) in [4.78, 5) is 0. The van der Waals surface area contributed by atoms with E-state index >= 15 is 0 Å². The van der Waals surface area contributed by atoms with Crippen molar-refractivity contribution in [2.45, 2.75) is 19.8 Å². The Morgan fingerprint density at radius 3 is 2.50 bits per heavy atom. The van der Waals surface area contributed by atoms with Gasteiger partial charge in [-0.2, -0.15) is 0 Å². The molecule has 0 aromatic carbocycles. The second-order valence-corrected chi connectivity index (χ2v) is 2.02. The molecular weight excluding hydrogens is 248 g/mol. The van der Waals surface area contributed by atoms with Crippen molar-refractivity contribution in [2.75, 3.05) is 6.61 Å². The summed E-state index contributed by atoms with van der Waals surface area (Å²) >= 11 is 1.23. The van der Waals surface area contributed by atoms with Crippen LogP contribution in [0.15, 0.2) is 0 Å². The van der Waals surface area contributed by atoms with E-state index in [2.05, 4.69) is 6.92 Å². The Labute approximate surface area is 50.4 Å². The number of hydrogen-bond donors (Lipinski definition) is 0. The summed E-state index contributed by atoms with van der Waals surface area (Å²) in [6.07, 6.45) is 2.46. The van der Waals surface area contributed by atoms with Crippen molar-refractivity contribution in [1.29, 1.82) is 0 Å². The van der Waals surface area contributed by atoms with Gasteiger partial charge in [0.2, 0.25) is 0 Å². The van der Waals surface area contributed by atoms with Crippen molar-refractivity contribution in [3.8, 4) is 0 Å². The standard InChI is InChI=1S/C4H9O.W/c1-2-3-4-5;/h2-4H2,1H3;/q-1;+1. The van der Waals surface area contributed by atoms with Crippen LogP contribution < -0.4 is 0 Å². The molecule has 0 bridgehead atoms. The predicted molar refractivity (Wildman–Crippen MR) is 20.9 cm³/mol. The van der Waals surface area contributed by atoms with E-state index in [1.165, 1.54) is 33.0 Å². The van der Waals surface area contributed by atoms with Gasteiger partial charge in [0.15, 0.2) is 0 Å². The van der Waals surface area contributed by atoms with Gasteiger partial charge in [-0.25, -0.2) is 0 Å². The molecule has 0 aromatic heterocycles. The van der Waals surface area contributed by atoms with Gasteiger partial charge < -0.3 is 0 Å². The van der Waals surface area contributed by atoms with E-state index in [1.54, 1.807) is 0 Å². The molecule has 0 rings (SSSR count).